The molecule has 1 unspecified atom stereocenters. The molecule has 2 aromatic rings. The molecule has 112 valence electrons. The Hall–Kier alpha value is -1.19. The number of fused-ring (bicyclic) bond motifs is 1. The van der Waals surface area contributed by atoms with E-state index >= 15 is 0 Å². The maximum absolute atomic E-state index is 4.69. The first-order valence-electron chi connectivity index (χ1n) is 7.94. The Morgan fingerprint density at radius 2 is 2.10 bits per heavy atom. The van der Waals surface area contributed by atoms with Crippen molar-refractivity contribution in [2.24, 2.45) is 5.92 Å². The third-order valence-electron chi connectivity index (χ3n) is 4.12. The normalized spacial score (nSPS) is 18.0. The van der Waals surface area contributed by atoms with E-state index in [1.807, 2.05) is 11.3 Å². The van der Waals surface area contributed by atoms with Crippen LogP contribution >= 0.6 is 11.3 Å². The number of aryl methyl sites for hydroxylation is 1. The number of benzene rings is 1. The Kier molecular flexibility index (Phi) is 4.71. The highest BCUT2D eigenvalue weighted by Gasteiger charge is 2.22. The first-order chi connectivity index (χ1) is 10.2. The first kappa shape index (κ1) is 14.7. The Labute approximate surface area is 131 Å². The molecule has 2 nitrogen and oxygen atoms in total. The van der Waals surface area contributed by atoms with Crippen LogP contribution in [0.2, 0.25) is 0 Å². The third kappa shape index (κ3) is 3.72. The zero-order valence-electron chi connectivity index (χ0n) is 12.9. The van der Waals surface area contributed by atoms with Crippen LogP contribution in [-0.4, -0.2) is 11.5 Å². The van der Waals surface area contributed by atoms with Crippen LogP contribution < -0.4 is 5.32 Å². The van der Waals surface area contributed by atoms with Gasteiger partial charge in [0.25, 0.3) is 0 Å². The number of aromatic nitrogens is 1. The number of rotatable bonds is 5. The lowest BCUT2D eigenvalue weighted by Crippen LogP contribution is -2.18. The molecule has 1 N–H and O–H groups in total. The van der Waals surface area contributed by atoms with Crippen molar-refractivity contribution in [2.75, 3.05) is 6.54 Å². The van der Waals surface area contributed by atoms with Gasteiger partial charge in [-0.3, -0.25) is 0 Å². The molecule has 0 radical (unpaired) electrons. The summed E-state index contributed by atoms with van der Waals surface area (Å²) in [6, 6.07) is 8.86. The van der Waals surface area contributed by atoms with Crippen LogP contribution in [0.25, 0.3) is 0 Å². The van der Waals surface area contributed by atoms with Crippen LogP contribution in [-0.2, 0) is 19.4 Å². The van der Waals surface area contributed by atoms with Crippen LogP contribution in [0.15, 0.2) is 30.5 Å². The number of thiazole rings is 1. The molecule has 0 saturated heterocycles. The lowest BCUT2D eigenvalue weighted by molar-refractivity contribution is 0.554. The van der Waals surface area contributed by atoms with E-state index in [-0.39, 0.29) is 0 Å². The largest absolute Gasteiger partial charge is 0.312 e. The topological polar surface area (TPSA) is 24.9 Å². The van der Waals surface area contributed by atoms with E-state index in [2.05, 4.69) is 54.6 Å². The lowest BCUT2D eigenvalue weighted by Gasteiger charge is -2.22. The molecule has 1 heterocycles. The summed E-state index contributed by atoms with van der Waals surface area (Å²) in [7, 11) is 0. The van der Waals surface area contributed by atoms with Crippen molar-refractivity contribution in [2.45, 2.75) is 45.6 Å². The molecule has 3 rings (SSSR count). The summed E-state index contributed by atoms with van der Waals surface area (Å²) in [5.41, 5.74) is 3.05. The third-order valence-corrected chi connectivity index (χ3v) is 5.28. The standard InChI is InChI=1S/C18H24N2S/c1-13(2)10-19-11-17-12-20-18(21-17)16-8-7-14-5-3-4-6-15(14)9-16/h3-6,12-13,16,19H,7-11H2,1-2H3. The molecule has 0 saturated carbocycles. The van der Waals surface area contributed by atoms with Gasteiger partial charge in [0.05, 0.1) is 5.01 Å². The summed E-state index contributed by atoms with van der Waals surface area (Å²) in [4.78, 5) is 6.05. The minimum atomic E-state index is 0.615. The van der Waals surface area contributed by atoms with E-state index in [9.17, 15) is 0 Å². The minimum Gasteiger partial charge on any atom is -0.312 e. The summed E-state index contributed by atoms with van der Waals surface area (Å²) in [6.07, 6.45) is 5.65. The molecule has 1 aliphatic rings. The minimum absolute atomic E-state index is 0.615. The van der Waals surface area contributed by atoms with E-state index in [0.717, 1.165) is 19.5 Å². The first-order valence-corrected chi connectivity index (χ1v) is 8.76. The van der Waals surface area contributed by atoms with E-state index in [1.54, 1.807) is 0 Å². The fourth-order valence-electron chi connectivity index (χ4n) is 2.99. The van der Waals surface area contributed by atoms with Crippen LogP contribution in [0.4, 0.5) is 0 Å². The van der Waals surface area contributed by atoms with Crippen molar-refractivity contribution >= 4 is 11.3 Å². The Bertz CT molecular complexity index is 588. The highest BCUT2D eigenvalue weighted by atomic mass is 32.1. The zero-order chi connectivity index (χ0) is 14.7. The Morgan fingerprint density at radius 1 is 1.29 bits per heavy atom. The molecule has 1 aromatic carbocycles. The maximum atomic E-state index is 4.69. The monoisotopic (exact) mass is 300 g/mol. The predicted molar refractivity (Wildman–Crippen MR) is 89.9 cm³/mol. The molecular formula is C18H24N2S. The van der Waals surface area contributed by atoms with Gasteiger partial charge in [0.1, 0.15) is 0 Å². The molecule has 3 heteroatoms. The zero-order valence-corrected chi connectivity index (χ0v) is 13.7. The summed E-state index contributed by atoms with van der Waals surface area (Å²) in [5, 5.41) is 4.83. The highest BCUT2D eigenvalue weighted by Crippen LogP contribution is 2.34. The molecule has 0 amide bonds. The van der Waals surface area contributed by atoms with E-state index in [4.69, 9.17) is 0 Å². The molecular weight excluding hydrogens is 276 g/mol. The molecule has 0 aliphatic heterocycles. The number of nitrogens with one attached hydrogen (secondary N) is 1. The van der Waals surface area contributed by atoms with E-state index in [1.165, 1.54) is 33.9 Å². The molecule has 1 atom stereocenters. The van der Waals surface area contributed by atoms with Crippen molar-refractivity contribution in [1.82, 2.24) is 10.3 Å². The molecule has 1 aromatic heterocycles. The van der Waals surface area contributed by atoms with Crippen LogP contribution in [0.5, 0.6) is 0 Å². The van der Waals surface area contributed by atoms with E-state index in [0.29, 0.717) is 11.8 Å². The second-order valence-electron chi connectivity index (χ2n) is 6.40. The average Bonchev–Trinajstić information content (AvgIpc) is 2.95. The molecule has 0 fully saturated rings. The van der Waals surface area contributed by atoms with Gasteiger partial charge in [-0.2, -0.15) is 0 Å². The number of nitrogens with zero attached hydrogens (tertiary/aromatic N) is 1. The van der Waals surface area contributed by atoms with Crippen molar-refractivity contribution < 1.29 is 0 Å². The Morgan fingerprint density at radius 3 is 2.90 bits per heavy atom. The number of hydrogen-bond acceptors (Lipinski definition) is 3. The van der Waals surface area contributed by atoms with Crippen LogP contribution in [0, 0.1) is 5.92 Å². The van der Waals surface area contributed by atoms with Gasteiger partial charge in [-0.05, 0) is 42.9 Å². The summed E-state index contributed by atoms with van der Waals surface area (Å²) >= 11 is 1.89. The van der Waals surface area contributed by atoms with Gasteiger partial charge in [-0.15, -0.1) is 11.3 Å². The second kappa shape index (κ2) is 6.71. The van der Waals surface area contributed by atoms with Crippen molar-refractivity contribution in [3.8, 4) is 0 Å². The Balaban J connectivity index is 1.62. The number of hydrogen-bond donors (Lipinski definition) is 1. The van der Waals surface area contributed by atoms with Gasteiger partial charge in [0.2, 0.25) is 0 Å². The average molecular weight is 300 g/mol. The fourth-order valence-corrected chi connectivity index (χ4v) is 4.01. The van der Waals surface area contributed by atoms with Gasteiger partial charge >= 0.3 is 0 Å². The quantitative estimate of drug-likeness (QED) is 0.897. The fraction of sp³-hybridized carbons (Fsp3) is 0.500. The molecule has 0 spiro atoms. The van der Waals surface area contributed by atoms with Crippen LogP contribution in [0.3, 0.4) is 0 Å². The predicted octanol–water partition coefficient (Wildman–Crippen LogP) is 4.16. The van der Waals surface area contributed by atoms with Gasteiger partial charge in [-0.1, -0.05) is 38.1 Å². The van der Waals surface area contributed by atoms with Crippen molar-refractivity contribution in [3.05, 3.63) is 51.5 Å². The van der Waals surface area contributed by atoms with Crippen molar-refractivity contribution in [1.29, 1.82) is 0 Å². The SMILES string of the molecule is CC(C)CNCc1cnc(C2CCc3ccccc3C2)s1. The van der Waals surface area contributed by atoms with Gasteiger partial charge in [-0.25, -0.2) is 4.98 Å². The van der Waals surface area contributed by atoms with Crippen molar-refractivity contribution in [3.63, 3.8) is 0 Å². The van der Waals surface area contributed by atoms with E-state index < -0.39 is 0 Å². The highest BCUT2D eigenvalue weighted by molar-refractivity contribution is 7.11. The smallest absolute Gasteiger partial charge is 0.0962 e. The van der Waals surface area contributed by atoms with Crippen LogP contribution in [0.1, 0.15) is 47.2 Å². The summed E-state index contributed by atoms with van der Waals surface area (Å²) < 4.78 is 0. The van der Waals surface area contributed by atoms with Gasteiger partial charge < -0.3 is 5.32 Å². The summed E-state index contributed by atoms with van der Waals surface area (Å²) in [6.45, 7) is 6.51. The maximum Gasteiger partial charge on any atom is 0.0962 e. The summed E-state index contributed by atoms with van der Waals surface area (Å²) in [5.74, 6) is 1.32. The van der Waals surface area contributed by atoms with Gasteiger partial charge in [0.15, 0.2) is 0 Å². The lowest BCUT2D eigenvalue weighted by atomic mass is 9.84. The molecule has 21 heavy (non-hydrogen) atoms. The molecule has 1 aliphatic carbocycles. The van der Waals surface area contributed by atoms with Gasteiger partial charge in [0, 0.05) is 23.5 Å². The second-order valence-corrected chi connectivity index (χ2v) is 7.54. The molecule has 0 bridgehead atoms.